The van der Waals surface area contributed by atoms with Gasteiger partial charge in [-0.3, -0.25) is 0 Å². The summed E-state index contributed by atoms with van der Waals surface area (Å²) < 4.78 is 12.4. The highest BCUT2D eigenvalue weighted by Crippen LogP contribution is 2.38. The summed E-state index contributed by atoms with van der Waals surface area (Å²) in [4.78, 5) is 0. The molecule has 0 aromatic rings. The van der Waals surface area contributed by atoms with Crippen LogP contribution in [-0.4, -0.2) is 6.17 Å². The highest BCUT2D eigenvalue weighted by atomic mass is 19.1. The lowest BCUT2D eigenvalue weighted by Crippen LogP contribution is -2.04. The van der Waals surface area contributed by atoms with Crippen LogP contribution in [0.15, 0.2) is 0 Å². The molecule has 1 fully saturated rings. The van der Waals surface area contributed by atoms with Crippen LogP contribution in [-0.2, 0) is 0 Å². The predicted octanol–water partition coefficient (Wildman–Crippen LogP) is 2.53. The Morgan fingerprint density at radius 2 is 2.12 bits per heavy atom. The third-order valence-electron chi connectivity index (χ3n) is 1.91. The van der Waals surface area contributed by atoms with E-state index in [1.165, 1.54) is 0 Å². The van der Waals surface area contributed by atoms with Crippen molar-refractivity contribution in [2.45, 2.75) is 39.3 Å². The molecule has 0 heterocycles. The van der Waals surface area contributed by atoms with Crippen molar-refractivity contribution in [2.75, 3.05) is 0 Å². The Balaban J connectivity index is 2.44. The normalized spacial score (nSPS) is 35.6. The second-order valence-electron chi connectivity index (χ2n) is 3.50. The monoisotopic (exact) mass is 116 g/mol. The molecule has 1 rings (SSSR count). The van der Waals surface area contributed by atoms with Gasteiger partial charge >= 0.3 is 0 Å². The first-order valence-corrected chi connectivity index (χ1v) is 3.24. The highest BCUT2D eigenvalue weighted by molar-refractivity contribution is 4.81. The summed E-state index contributed by atoms with van der Waals surface area (Å²) in [6.45, 7) is 4.26. The molecule has 0 aromatic heterocycles. The van der Waals surface area contributed by atoms with Gasteiger partial charge in [0.2, 0.25) is 0 Å². The van der Waals surface area contributed by atoms with Gasteiger partial charge in [0, 0.05) is 0 Å². The number of alkyl halides is 1. The second-order valence-corrected chi connectivity index (χ2v) is 3.50. The maximum absolute atomic E-state index is 12.4. The number of hydrogen-bond donors (Lipinski definition) is 0. The van der Waals surface area contributed by atoms with E-state index in [1.54, 1.807) is 0 Å². The van der Waals surface area contributed by atoms with E-state index in [0.29, 0.717) is 5.41 Å². The number of hydrogen-bond acceptors (Lipinski definition) is 0. The molecule has 0 amide bonds. The molecule has 1 heteroatoms. The summed E-state index contributed by atoms with van der Waals surface area (Å²) in [5, 5.41) is 0. The van der Waals surface area contributed by atoms with E-state index in [-0.39, 0.29) is 0 Å². The Morgan fingerprint density at radius 3 is 2.25 bits per heavy atom. The van der Waals surface area contributed by atoms with Gasteiger partial charge in [0.15, 0.2) is 0 Å². The minimum Gasteiger partial charge on any atom is -0.247 e. The van der Waals surface area contributed by atoms with Crippen LogP contribution >= 0.6 is 0 Å². The highest BCUT2D eigenvalue weighted by Gasteiger charge is 2.30. The zero-order valence-electron chi connectivity index (χ0n) is 5.58. The van der Waals surface area contributed by atoms with Gasteiger partial charge in [-0.2, -0.15) is 0 Å². The zero-order chi connectivity index (χ0) is 6.20. The van der Waals surface area contributed by atoms with Crippen LogP contribution in [0.5, 0.6) is 0 Å². The molecule has 0 spiro atoms. The fourth-order valence-electron chi connectivity index (χ4n) is 1.35. The van der Waals surface area contributed by atoms with Crippen LogP contribution in [0.4, 0.5) is 4.39 Å². The first kappa shape index (κ1) is 6.06. The third kappa shape index (κ3) is 1.21. The Hall–Kier alpha value is -0.0700. The summed E-state index contributed by atoms with van der Waals surface area (Å²) in [6.07, 6.45) is 2.11. The van der Waals surface area contributed by atoms with Gasteiger partial charge < -0.3 is 0 Å². The van der Waals surface area contributed by atoms with Crippen LogP contribution in [0.2, 0.25) is 0 Å². The van der Waals surface area contributed by atoms with E-state index in [0.717, 1.165) is 19.3 Å². The molecule has 0 aromatic carbocycles. The SMILES string of the molecule is CC1(C)CCC(F)C1. The largest absolute Gasteiger partial charge is 0.247 e. The standard InChI is InChI=1S/C7H13F/c1-7(2)4-3-6(8)5-7/h6H,3-5H2,1-2H3. The molecule has 0 radical (unpaired) electrons. The van der Waals surface area contributed by atoms with Crippen molar-refractivity contribution in [3.05, 3.63) is 0 Å². The van der Waals surface area contributed by atoms with Crippen LogP contribution in [0, 0.1) is 5.41 Å². The molecule has 1 saturated carbocycles. The minimum atomic E-state index is -0.509. The van der Waals surface area contributed by atoms with Gasteiger partial charge in [-0.15, -0.1) is 0 Å². The van der Waals surface area contributed by atoms with Crippen molar-refractivity contribution >= 4 is 0 Å². The molecular formula is C7H13F. The van der Waals surface area contributed by atoms with Crippen molar-refractivity contribution in [2.24, 2.45) is 5.41 Å². The molecule has 1 atom stereocenters. The molecule has 48 valence electrons. The van der Waals surface area contributed by atoms with Crippen molar-refractivity contribution in [1.82, 2.24) is 0 Å². The Morgan fingerprint density at radius 1 is 1.50 bits per heavy atom. The molecule has 1 aliphatic carbocycles. The van der Waals surface area contributed by atoms with Crippen molar-refractivity contribution in [3.63, 3.8) is 0 Å². The van der Waals surface area contributed by atoms with Crippen LogP contribution in [0.3, 0.4) is 0 Å². The van der Waals surface area contributed by atoms with Crippen molar-refractivity contribution in [1.29, 1.82) is 0 Å². The van der Waals surface area contributed by atoms with Gasteiger partial charge in [-0.05, 0) is 24.7 Å². The molecular weight excluding hydrogens is 103 g/mol. The number of halogens is 1. The molecule has 1 unspecified atom stereocenters. The van der Waals surface area contributed by atoms with E-state index in [4.69, 9.17) is 0 Å². The Labute approximate surface area is 50.1 Å². The van der Waals surface area contributed by atoms with Crippen molar-refractivity contribution in [3.8, 4) is 0 Å². The van der Waals surface area contributed by atoms with Crippen molar-refractivity contribution < 1.29 is 4.39 Å². The molecule has 0 aliphatic heterocycles. The van der Waals surface area contributed by atoms with Gasteiger partial charge in [0.05, 0.1) is 0 Å². The lowest BCUT2D eigenvalue weighted by molar-refractivity contribution is 0.297. The van der Waals surface area contributed by atoms with E-state index in [1.807, 2.05) is 0 Å². The quantitative estimate of drug-likeness (QED) is 0.456. The van der Waals surface area contributed by atoms with Crippen LogP contribution in [0.25, 0.3) is 0 Å². The van der Waals surface area contributed by atoms with E-state index < -0.39 is 6.17 Å². The molecule has 0 bridgehead atoms. The Kier molecular flexibility index (Phi) is 1.30. The average Bonchev–Trinajstić information content (AvgIpc) is 1.82. The van der Waals surface area contributed by atoms with E-state index in [9.17, 15) is 4.39 Å². The smallest absolute Gasteiger partial charge is 0.101 e. The van der Waals surface area contributed by atoms with Gasteiger partial charge in [-0.1, -0.05) is 13.8 Å². The van der Waals surface area contributed by atoms with Crippen LogP contribution in [0.1, 0.15) is 33.1 Å². The van der Waals surface area contributed by atoms with Gasteiger partial charge in [-0.25, -0.2) is 4.39 Å². The maximum atomic E-state index is 12.4. The first-order chi connectivity index (χ1) is 3.60. The number of rotatable bonds is 0. The lowest BCUT2D eigenvalue weighted by atomic mass is 9.92. The molecule has 0 nitrogen and oxygen atoms in total. The second kappa shape index (κ2) is 1.71. The summed E-state index contributed by atoms with van der Waals surface area (Å²) >= 11 is 0. The fourth-order valence-corrected chi connectivity index (χ4v) is 1.35. The fraction of sp³-hybridized carbons (Fsp3) is 1.00. The molecule has 8 heavy (non-hydrogen) atoms. The summed E-state index contributed by atoms with van der Waals surface area (Å²) in [5.74, 6) is 0. The lowest BCUT2D eigenvalue weighted by Gasteiger charge is -2.14. The summed E-state index contributed by atoms with van der Waals surface area (Å²) in [6, 6.07) is 0. The van der Waals surface area contributed by atoms with Gasteiger partial charge in [0.1, 0.15) is 6.17 Å². The van der Waals surface area contributed by atoms with Crippen LogP contribution < -0.4 is 0 Å². The van der Waals surface area contributed by atoms with Gasteiger partial charge in [0.25, 0.3) is 0 Å². The summed E-state index contributed by atoms with van der Waals surface area (Å²) in [5.41, 5.74) is 0.291. The molecule has 0 N–H and O–H groups in total. The zero-order valence-corrected chi connectivity index (χ0v) is 5.58. The topological polar surface area (TPSA) is 0 Å². The minimum absolute atomic E-state index is 0.291. The first-order valence-electron chi connectivity index (χ1n) is 3.24. The predicted molar refractivity (Wildman–Crippen MR) is 32.5 cm³/mol. The average molecular weight is 116 g/mol. The molecule has 1 aliphatic rings. The van der Waals surface area contributed by atoms with E-state index >= 15 is 0 Å². The maximum Gasteiger partial charge on any atom is 0.101 e. The summed E-state index contributed by atoms with van der Waals surface area (Å²) in [7, 11) is 0. The Bertz CT molecular complexity index is 86.4. The molecule has 0 saturated heterocycles. The third-order valence-corrected chi connectivity index (χ3v) is 1.91. The van der Waals surface area contributed by atoms with E-state index in [2.05, 4.69) is 13.8 Å².